The number of thiazole rings is 1. The van der Waals surface area contributed by atoms with Gasteiger partial charge in [-0.15, -0.1) is 11.3 Å². The molecule has 0 bridgehead atoms. The highest BCUT2D eigenvalue weighted by Gasteiger charge is 2.44. The lowest BCUT2D eigenvalue weighted by Crippen LogP contribution is -2.29. The Bertz CT molecular complexity index is 503. The normalized spacial score (nSPS) is 25.3. The Labute approximate surface area is 123 Å². The van der Waals surface area contributed by atoms with Crippen LogP contribution in [0.2, 0.25) is 0 Å². The number of likely N-dealkylation sites (N-methyl/N-ethyl adjacent to an activating group) is 1. The second-order valence-corrected chi connectivity index (χ2v) is 6.42. The van der Waals surface area contributed by atoms with Gasteiger partial charge in [0.15, 0.2) is 5.13 Å². The number of rotatable bonds is 5. The van der Waals surface area contributed by atoms with Gasteiger partial charge in [-0.2, -0.15) is 0 Å². The van der Waals surface area contributed by atoms with Crippen LogP contribution in [0.3, 0.4) is 0 Å². The maximum absolute atomic E-state index is 12.1. The molecule has 1 N–H and O–H groups in total. The van der Waals surface area contributed by atoms with Crippen molar-refractivity contribution >= 4 is 22.4 Å². The minimum Gasteiger partial charge on any atom is -0.378 e. The highest BCUT2D eigenvalue weighted by Crippen LogP contribution is 2.35. The summed E-state index contributed by atoms with van der Waals surface area (Å²) in [5, 5.41) is 3.70. The molecular weight excluding hydrogens is 274 g/mol. The van der Waals surface area contributed by atoms with E-state index in [1.54, 1.807) is 11.3 Å². The number of amides is 1. The van der Waals surface area contributed by atoms with Crippen molar-refractivity contribution < 1.29 is 9.53 Å². The van der Waals surface area contributed by atoms with Crippen molar-refractivity contribution in [3.63, 3.8) is 0 Å². The summed E-state index contributed by atoms with van der Waals surface area (Å²) >= 11 is 1.62. The zero-order valence-electron chi connectivity index (χ0n) is 12.0. The van der Waals surface area contributed by atoms with Crippen molar-refractivity contribution in [3.8, 4) is 0 Å². The van der Waals surface area contributed by atoms with Gasteiger partial charge in [0.05, 0.1) is 17.7 Å². The van der Waals surface area contributed by atoms with E-state index < -0.39 is 0 Å². The van der Waals surface area contributed by atoms with Gasteiger partial charge in [0.1, 0.15) is 0 Å². The molecule has 1 aliphatic heterocycles. The molecule has 0 radical (unpaired) electrons. The Morgan fingerprint density at radius 2 is 2.40 bits per heavy atom. The topological polar surface area (TPSA) is 54.5 Å². The molecule has 0 saturated heterocycles. The summed E-state index contributed by atoms with van der Waals surface area (Å²) < 4.78 is 5.45. The van der Waals surface area contributed by atoms with Crippen LogP contribution in [0.25, 0.3) is 0 Å². The number of ether oxygens (including phenoxy) is 1. The Balaban J connectivity index is 1.59. The second kappa shape index (κ2) is 5.79. The van der Waals surface area contributed by atoms with Crippen LogP contribution in [0.15, 0.2) is 0 Å². The van der Waals surface area contributed by atoms with Gasteiger partial charge in [-0.25, -0.2) is 4.98 Å². The molecule has 0 aromatic carbocycles. The predicted octanol–water partition coefficient (Wildman–Crippen LogP) is 1.88. The number of hydrogen-bond acceptors (Lipinski definition) is 5. The van der Waals surface area contributed by atoms with Crippen LogP contribution in [0.5, 0.6) is 0 Å². The van der Waals surface area contributed by atoms with Gasteiger partial charge >= 0.3 is 0 Å². The third kappa shape index (κ3) is 2.87. The van der Waals surface area contributed by atoms with E-state index in [9.17, 15) is 4.79 Å². The number of hydrogen-bond donors (Lipinski definition) is 1. The maximum Gasteiger partial charge on any atom is 0.231 e. The molecule has 2 unspecified atom stereocenters. The van der Waals surface area contributed by atoms with E-state index in [4.69, 9.17) is 4.74 Å². The number of aromatic nitrogens is 1. The quantitative estimate of drug-likeness (QED) is 0.901. The molecule has 1 saturated carbocycles. The molecule has 1 aliphatic carbocycles. The van der Waals surface area contributed by atoms with Gasteiger partial charge in [-0.1, -0.05) is 6.92 Å². The highest BCUT2D eigenvalue weighted by atomic mass is 32.1. The number of nitrogens with one attached hydrogen (secondary N) is 1. The fourth-order valence-electron chi connectivity index (χ4n) is 2.62. The van der Waals surface area contributed by atoms with E-state index in [1.165, 1.54) is 4.88 Å². The van der Waals surface area contributed by atoms with Crippen molar-refractivity contribution in [1.29, 1.82) is 0 Å². The smallest absolute Gasteiger partial charge is 0.231 e. The van der Waals surface area contributed by atoms with E-state index in [0.717, 1.165) is 43.3 Å². The first-order valence-corrected chi connectivity index (χ1v) is 8.16. The summed E-state index contributed by atoms with van der Waals surface area (Å²) in [4.78, 5) is 20.3. The van der Waals surface area contributed by atoms with Gasteiger partial charge in [0.25, 0.3) is 0 Å². The molecule has 20 heavy (non-hydrogen) atoms. The average molecular weight is 295 g/mol. The average Bonchev–Trinajstić information content (AvgIpc) is 3.10. The van der Waals surface area contributed by atoms with Crippen molar-refractivity contribution in [2.45, 2.75) is 39.3 Å². The summed E-state index contributed by atoms with van der Waals surface area (Å²) in [6.07, 6.45) is 1.94. The Kier molecular flexibility index (Phi) is 4.05. The molecule has 1 aromatic heterocycles. The molecule has 0 spiro atoms. The summed E-state index contributed by atoms with van der Waals surface area (Å²) in [6.45, 7) is 7.90. The highest BCUT2D eigenvalue weighted by molar-refractivity contribution is 7.15. The van der Waals surface area contributed by atoms with Gasteiger partial charge in [-0.05, 0) is 19.9 Å². The zero-order chi connectivity index (χ0) is 14.1. The minimum atomic E-state index is 0.0167. The van der Waals surface area contributed by atoms with Gasteiger partial charge in [0, 0.05) is 31.0 Å². The van der Waals surface area contributed by atoms with Crippen LogP contribution in [-0.2, 0) is 22.5 Å². The monoisotopic (exact) mass is 295 g/mol. The molecule has 110 valence electrons. The fourth-order valence-corrected chi connectivity index (χ4v) is 3.67. The first kappa shape index (κ1) is 14.0. The van der Waals surface area contributed by atoms with Crippen LogP contribution in [0.1, 0.15) is 30.8 Å². The number of anilines is 1. The molecule has 3 rings (SSSR count). The molecule has 5 nitrogen and oxygen atoms in total. The Morgan fingerprint density at radius 1 is 1.55 bits per heavy atom. The summed E-state index contributed by atoms with van der Waals surface area (Å²) in [5.74, 6) is 0.0740. The number of nitrogens with zero attached hydrogens (tertiary/aromatic N) is 2. The van der Waals surface area contributed by atoms with Gasteiger partial charge < -0.3 is 10.1 Å². The van der Waals surface area contributed by atoms with Crippen molar-refractivity contribution in [2.24, 2.45) is 5.92 Å². The van der Waals surface area contributed by atoms with Crippen LogP contribution in [0, 0.1) is 5.92 Å². The van der Waals surface area contributed by atoms with Crippen LogP contribution >= 0.6 is 11.3 Å². The van der Waals surface area contributed by atoms with Gasteiger partial charge in [0.2, 0.25) is 5.91 Å². The first-order valence-electron chi connectivity index (χ1n) is 7.34. The maximum atomic E-state index is 12.1. The number of carbonyl (C=O) groups excluding carboxylic acids is 1. The van der Waals surface area contributed by atoms with Crippen molar-refractivity contribution in [1.82, 2.24) is 9.88 Å². The van der Waals surface area contributed by atoms with E-state index in [1.807, 2.05) is 6.92 Å². The van der Waals surface area contributed by atoms with Crippen LogP contribution < -0.4 is 5.32 Å². The molecule has 6 heteroatoms. The van der Waals surface area contributed by atoms with E-state index >= 15 is 0 Å². The van der Waals surface area contributed by atoms with Crippen LogP contribution in [-0.4, -0.2) is 41.6 Å². The fraction of sp³-hybridized carbons (Fsp3) is 0.714. The van der Waals surface area contributed by atoms with Crippen molar-refractivity contribution in [2.75, 3.05) is 25.0 Å². The molecule has 1 fully saturated rings. The van der Waals surface area contributed by atoms with Crippen molar-refractivity contribution in [3.05, 3.63) is 10.6 Å². The molecule has 2 atom stereocenters. The summed E-state index contributed by atoms with van der Waals surface area (Å²) in [7, 11) is 0. The SMILES string of the molecule is CCOC1CC1C(=O)Nc1nc2c(s1)CN(CC)CC2. The van der Waals surface area contributed by atoms with Crippen LogP contribution in [0.4, 0.5) is 5.13 Å². The van der Waals surface area contributed by atoms with E-state index in [2.05, 4.69) is 22.1 Å². The molecule has 2 aliphatic rings. The lowest BCUT2D eigenvalue weighted by Gasteiger charge is -2.23. The second-order valence-electron chi connectivity index (χ2n) is 5.33. The molecular formula is C14H21N3O2S. The minimum absolute atomic E-state index is 0.0167. The number of carbonyl (C=O) groups is 1. The number of fused-ring (bicyclic) bond motifs is 1. The van der Waals surface area contributed by atoms with E-state index in [-0.39, 0.29) is 17.9 Å². The van der Waals surface area contributed by atoms with E-state index in [0.29, 0.717) is 6.61 Å². The predicted molar refractivity (Wildman–Crippen MR) is 78.9 cm³/mol. The molecule has 1 aromatic rings. The Hall–Kier alpha value is -0.980. The zero-order valence-corrected chi connectivity index (χ0v) is 12.8. The summed E-state index contributed by atoms with van der Waals surface area (Å²) in [6, 6.07) is 0. The lowest BCUT2D eigenvalue weighted by atomic mass is 10.2. The largest absolute Gasteiger partial charge is 0.378 e. The molecule has 2 heterocycles. The summed E-state index contributed by atoms with van der Waals surface area (Å²) in [5.41, 5.74) is 1.16. The lowest BCUT2D eigenvalue weighted by molar-refractivity contribution is -0.118. The third-order valence-corrected chi connectivity index (χ3v) is 4.93. The standard InChI is InChI=1S/C14H21N3O2S/c1-3-17-6-5-10-12(8-17)20-14(15-10)16-13(18)9-7-11(9)19-4-2/h9,11H,3-8H2,1-2H3,(H,15,16,18). The first-order chi connectivity index (χ1) is 9.71. The third-order valence-electron chi connectivity index (χ3n) is 3.94. The molecule has 1 amide bonds. The Morgan fingerprint density at radius 3 is 3.15 bits per heavy atom. The van der Waals surface area contributed by atoms with Gasteiger partial charge in [-0.3, -0.25) is 9.69 Å².